The molecule has 1 heterocycles. The highest BCUT2D eigenvalue weighted by atomic mass is 35.5. The number of hydrogen-bond donors (Lipinski definition) is 1. The van der Waals surface area contributed by atoms with Crippen LogP contribution in [0.5, 0.6) is 0 Å². The average molecular weight is 329 g/mol. The molecule has 0 unspecified atom stereocenters. The maximum atomic E-state index is 6.00. The third-order valence-corrected chi connectivity index (χ3v) is 3.86. The number of halogens is 3. The first-order valence-corrected chi connectivity index (χ1v) is 6.00. The van der Waals surface area contributed by atoms with E-state index in [1.807, 2.05) is 12.3 Å². The Morgan fingerprint density at radius 2 is 1.74 bits per heavy atom. The Balaban J connectivity index is 0. The van der Waals surface area contributed by atoms with E-state index in [0.717, 1.165) is 25.7 Å². The summed E-state index contributed by atoms with van der Waals surface area (Å²) in [5, 5.41) is 0. The highest BCUT2D eigenvalue weighted by molar-refractivity contribution is 5.86. The monoisotopic (exact) mass is 327 g/mol. The van der Waals surface area contributed by atoms with Crippen LogP contribution in [0.4, 0.5) is 0 Å². The van der Waals surface area contributed by atoms with E-state index in [2.05, 4.69) is 36.1 Å². The molecule has 0 spiro atoms. The van der Waals surface area contributed by atoms with Gasteiger partial charge >= 0.3 is 0 Å². The number of nitrogens with zero attached hydrogens (tertiary/aromatic N) is 2. The first-order valence-electron chi connectivity index (χ1n) is 6.00. The van der Waals surface area contributed by atoms with Gasteiger partial charge in [0.2, 0.25) is 0 Å². The molecule has 1 saturated carbocycles. The second-order valence-corrected chi connectivity index (χ2v) is 4.98. The van der Waals surface area contributed by atoms with Crippen molar-refractivity contribution in [2.75, 3.05) is 14.1 Å². The number of aromatic nitrogens is 1. The summed E-state index contributed by atoms with van der Waals surface area (Å²) in [5.74, 6) is 0. The lowest BCUT2D eigenvalue weighted by molar-refractivity contribution is 0.0873. The molecule has 0 atom stereocenters. The van der Waals surface area contributed by atoms with E-state index in [-0.39, 0.29) is 42.8 Å². The van der Waals surface area contributed by atoms with Crippen LogP contribution in [0.2, 0.25) is 0 Å². The van der Waals surface area contributed by atoms with Crippen molar-refractivity contribution in [3.05, 3.63) is 30.1 Å². The van der Waals surface area contributed by atoms with Crippen molar-refractivity contribution in [2.24, 2.45) is 5.73 Å². The summed E-state index contributed by atoms with van der Waals surface area (Å²) in [6.45, 7) is 0. The predicted molar refractivity (Wildman–Crippen MR) is 87.8 cm³/mol. The Kier molecular flexibility index (Phi) is 10.0. The van der Waals surface area contributed by atoms with Gasteiger partial charge in [-0.25, -0.2) is 0 Å². The van der Waals surface area contributed by atoms with Crippen molar-refractivity contribution in [3.8, 4) is 0 Å². The number of rotatable bonds is 2. The van der Waals surface area contributed by atoms with Gasteiger partial charge in [-0.3, -0.25) is 9.88 Å². The van der Waals surface area contributed by atoms with E-state index in [0.29, 0.717) is 6.04 Å². The first-order chi connectivity index (χ1) is 7.65. The molecule has 1 aliphatic carbocycles. The third-order valence-electron chi connectivity index (χ3n) is 3.86. The second kappa shape index (κ2) is 8.98. The van der Waals surface area contributed by atoms with Crippen LogP contribution in [0, 0.1) is 0 Å². The minimum Gasteiger partial charge on any atom is -0.328 e. The predicted octanol–water partition coefficient (Wildman–Crippen LogP) is 3.01. The molecule has 112 valence electrons. The summed E-state index contributed by atoms with van der Waals surface area (Å²) in [6, 6.07) is 6.55. The summed E-state index contributed by atoms with van der Waals surface area (Å²) in [5.41, 5.74) is 7.28. The molecule has 2 rings (SSSR count). The molecule has 0 saturated heterocycles. The quantitative estimate of drug-likeness (QED) is 0.907. The van der Waals surface area contributed by atoms with Gasteiger partial charge in [-0.15, -0.1) is 37.2 Å². The smallest absolute Gasteiger partial charge is 0.0629 e. The standard InChI is InChI=1S/C13H21N3.3ClH/c1-16(2)13(8-6-11(14)7-9-13)12-5-3-4-10-15-12;;;/h3-5,10-11H,6-9,14H2,1-2H3;3*1H. The Morgan fingerprint density at radius 1 is 1.16 bits per heavy atom. The molecule has 0 radical (unpaired) electrons. The van der Waals surface area contributed by atoms with Crippen LogP contribution in [-0.2, 0) is 5.54 Å². The summed E-state index contributed by atoms with van der Waals surface area (Å²) >= 11 is 0. The fourth-order valence-electron chi connectivity index (χ4n) is 2.69. The van der Waals surface area contributed by atoms with Gasteiger partial charge in [0.1, 0.15) is 0 Å². The summed E-state index contributed by atoms with van der Waals surface area (Å²) in [4.78, 5) is 6.85. The molecule has 6 heteroatoms. The molecule has 1 aliphatic rings. The van der Waals surface area contributed by atoms with Crippen molar-refractivity contribution in [1.29, 1.82) is 0 Å². The van der Waals surface area contributed by atoms with Crippen molar-refractivity contribution in [1.82, 2.24) is 9.88 Å². The molecule has 2 N–H and O–H groups in total. The van der Waals surface area contributed by atoms with Crippen molar-refractivity contribution in [3.63, 3.8) is 0 Å². The third kappa shape index (κ3) is 4.47. The SMILES string of the molecule is CN(C)C1(c2ccccn2)CCC(N)CC1.Cl.Cl.Cl. The maximum Gasteiger partial charge on any atom is 0.0629 e. The average Bonchev–Trinajstić information content (AvgIpc) is 2.31. The highest BCUT2D eigenvalue weighted by Gasteiger charge is 2.38. The van der Waals surface area contributed by atoms with E-state index in [9.17, 15) is 0 Å². The molecule has 1 aromatic rings. The van der Waals surface area contributed by atoms with E-state index >= 15 is 0 Å². The fourth-order valence-corrected chi connectivity index (χ4v) is 2.69. The molecule has 3 nitrogen and oxygen atoms in total. The van der Waals surface area contributed by atoms with Crippen LogP contribution in [0.3, 0.4) is 0 Å². The summed E-state index contributed by atoms with van der Waals surface area (Å²) in [6.07, 6.45) is 6.29. The van der Waals surface area contributed by atoms with E-state index < -0.39 is 0 Å². The Labute approximate surface area is 134 Å². The lowest BCUT2D eigenvalue weighted by Gasteiger charge is -2.44. The lowest BCUT2D eigenvalue weighted by Crippen LogP contribution is -2.47. The van der Waals surface area contributed by atoms with Gasteiger partial charge in [0.05, 0.1) is 11.2 Å². The van der Waals surface area contributed by atoms with Crippen molar-refractivity contribution in [2.45, 2.75) is 37.3 Å². The van der Waals surface area contributed by atoms with E-state index in [4.69, 9.17) is 5.73 Å². The van der Waals surface area contributed by atoms with Gasteiger partial charge in [-0.05, 0) is 51.9 Å². The summed E-state index contributed by atoms with van der Waals surface area (Å²) in [7, 11) is 4.29. The molecule has 1 aromatic heterocycles. The molecular formula is C13H24Cl3N3. The molecule has 0 aromatic carbocycles. The molecular weight excluding hydrogens is 305 g/mol. The number of pyridine rings is 1. The normalized spacial score (nSPS) is 25.8. The van der Waals surface area contributed by atoms with Gasteiger partial charge in [0, 0.05) is 12.2 Å². The number of nitrogens with two attached hydrogens (primary N) is 1. The van der Waals surface area contributed by atoms with Gasteiger partial charge in [0.25, 0.3) is 0 Å². The topological polar surface area (TPSA) is 42.2 Å². The lowest BCUT2D eigenvalue weighted by atomic mass is 9.76. The Hall–Kier alpha value is -0.0600. The first kappa shape index (κ1) is 21.2. The largest absolute Gasteiger partial charge is 0.328 e. The van der Waals surface area contributed by atoms with Crippen LogP contribution in [0.15, 0.2) is 24.4 Å². The van der Waals surface area contributed by atoms with Crippen molar-refractivity contribution >= 4 is 37.2 Å². The zero-order valence-electron chi connectivity index (χ0n) is 11.4. The zero-order valence-corrected chi connectivity index (χ0v) is 13.9. The van der Waals surface area contributed by atoms with Gasteiger partial charge in [-0.1, -0.05) is 6.07 Å². The zero-order chi connectivity index (χ0) is 11.6. The molecule has 1 fully saturated rings. The van der Waals surface area contributed by atoms with Gasteiger partial charge < -0.3 is 5.73 Å². The maximum absolute atomic E-state index is 6.00. The van der Waals surface area contributed by atoms with Crippen LogP contribution in [-0.4, -0.2) is 30.0 Å². The van der Waals surface area contributed by atoms with Crippen LogP contribution < -0.4 is 5.73 Å². The van der Waals surface area contributed by atoms with E-state index in [1.165, 1.54) is 5.69 Å². The Morgan fingerprint density at radius 3 is 2.16 bits per heavy atom. The molecule has 0 amide bonds. The Bertz CT molecular complexity index is 338. The molecule has 0 aliphatic heterocycles. The van der Waals surface area contributed by atoms with Crippen LogP contribution in [0.25, 0.3) is 0 Å². The highest BCUT2D eigenvalue weighted by Crippen LogP contribution is 2.39. The second-order valence-electron chi connectivity index (χ2n) is 4.98. The van der Waals surface area contributed by atoms with Gasteiger partial charge in [0.15, 0.2) is 0 Å². The van der Waals surface area contributed by atoms with E-state index in [1.54, 1.807) is 0 Å². The summed E-state index contributed by atoms with van der Waals surface area (Å²) < 4.78 is 0. The van der Waals surface area contributed by atoms with Crippen molar-refractivity contribution < 1.29 is 0 Å². The van der Waals surface area contributed by atoms with Crippen LogP contribution in [0.1, 0.15) is 31.4 Å². The minimum absolute atomic E-state index is 0. The number of hydrogen-bond acceptors (Lipinski definition) is 3. The molecule has 19 heavy (non-hydrogen) atoms. The van der Waals surface area contributed by atoms with Crippen LogP contribution >= 0.6 is 37.2 Å². The van der Waals surface area contributed by atoms with Gasteiger partial charge in [-0.2, -0.15) is 0 Å². The minimum atomic E-state index is 0. The fraction of sp³-hybridized carbons (Fsp3) is 0.615. The molecule has 0 bridgehead atoms.